The molecule has 1 heterocycles. The van der Waals surface area contributed by atoms with Crippen molar-refractivity contribution in [2.75, 3.05) is 39.8 Å². The zero-order valence-corrected chi connectivity index (χ0v) is 16.7. The van der Waals surface area contributed by atoms with Gasteiger partial charge in [0.2, 0.25) is 0 Å². The van der Waals surface area contributed by atoms with Crippen molar-refractivity contribution in [3.63, 3.8) is 0 Å². The Morgan fingerprint density at radius 3 is 1.91 bits per heavy atom. The molecule has 1 rings (SSSR count). The minimum Gasteiger partial charge on any atom is -0.747 e. The normalized spacial score (nSPS) is 18.6. The molecule has 1 aliphatic heterocycles. The Hall–Kier alpha value is -0.170. The zero-order chi connectivity index (χ0) is 17.9. The number of unbranched alkanes of at least 4 members (excludes halogenated alkanes) is 1. The summed E-state index contributed by atoms with van der Waals surface area (Å²) in [5.41, 5.74) is 0. The summed E-state index contributed by atoms with van der Waals surface area (Å²) < 4.78 is 34.0. The Kier molecular flexibility index (Phi) is 11.3. The molecule has 0 aromatic rings. The van der Waals surface area contributed by atoms with Crippen LogP contribution in [0.2, 0.25) is 0 Å². The Labute approximate surface area is 144 Å². The van der Waals surface area contributed by atoms with Crippen molar-refractivity contribution in [2.24, 2.45) is 0 Å². The summed E-state index contributed by atoms with van der Waals surface area (Å²) in [5, 5.41) is -0.840. The van der Waals surface area contributed by atoms with Crippen molar-refractivity contribution in [3.05, 3.63) is 0 Å². The van der Waals surface area contributed by atoms with Crippen LogP contribution < -0.4 is 0 Å². The molecule has 0 aliphatic carbocycles. The van der Waals surface area contributed by atoms with Crippen LogP contribution in [0.3, 0.4) is 0 Å². The average molecular weight is 351 g/mol. The molecule has 1 aliphatic rings. The van der Waals surface area contributed by atoms with Gasteiger partial charge in [0, 0.05) is 12.8 Å². The van der Waals surface area contributed by atoms with E-state index >= 15 is 0 Å². The van der Waals surface area contributed by atoms with Crippen LogP contribution in [0.15, 0.2) is 0 Å². The van der Waals surface area contributed by atoms with Gasteiger partial charge in [-0.15, -0.1) is 0 Å². The van der Waals surface area contributed by atoms with Crippen LogP contribution in [0.4, 0.5) is 0 Å². The van der Waals surface area contributed by atoms with Crippen LogP contribution >= 0.6 is 0 Å². The van der Waals surface area contributed by atoms with Gasteiger partial charge in [-0.05, 0) is 25.9 Å². The van der Waals surface area contributed by atoms with E-state index in [1.54, 1.807) is 4.90 Å². The highest BCUT2D eigenvalue weighted by molar-refractivity contribution is 7.86. The third-order valence-electron chi connectivity index (χ3n) is 4.79. The molecule has 5 nitrogen and oxygen atoms in total. The highest BCUT2D eigenvalue weighted by Crippen LogP contribution is 2.16. The second-order valence-electron chi connectivity index (χ2n) is 6.81. The predicted octanol–water partition coefficient (Wildman–Crippen LogP) is 3.03. The van der Waals surface area contributed by atoms with E-state index in [0.29, 0.717) is 25.9 Å². The summed E-state index contributed by atoms with van der Waals surface area (Å²) in [7, 11) is -1.77. The third kappa shape index (κ3) is 9.03. The largest absolute Gasteiger partial charge is 0.747 e. The second kappa shape index (κ2) is 11.4. The number of quaternary nitrogens is 1. The smallest absolute Gasteiger partial charge is 0.111 e. The van der Waals surface area contributed by atoms with Crippen molar-refractivity contribution in [2.45, 2.75) is 71.6 Å². The second-order valence-corrected chi connectivity index (χ2v) is 8.34. The van der Waals surface area contributed by atoms with Gasteiger partial charge in [0.15, 0.2) is 0 Å². The molecular formula is C17H38N2O3S. The minimum absolute atomic E-state index is 0.424. The molecule has 6 heteroatoms. The zero-order valence-electron chi connectivity index (χ0n) is 15.9. The van der Waals surface area contributed by atoms with Crippen LogP contribution in [0.1, 0.15) is 66.2 Å². The predicted molar refractivity (Wildman–Crippen MR) is 96.2 cm³/mol. The van der Waals surface area contributed by atoms with Gasteiger partial charge in [-0.3, -0.25) is 4.90 Å². The Morgan fingerprint density at radius 1 is 1.04 bits per heavy atom. The van der Waals surface area contributed by atoms with E-state index in [4.69, 9.17) is 0 Å². The van der Waals surface area contributed by atoms with Gasteiger partial charge in [-0.25, -0.2) is 8.42 Å². The maximum atomic E-state index is 10.9. The first kappa shape index (κ1) is 22.8. The van der Waals surface area contributed by atoms with Crippen molar-refractivity contribution in [3.8, 4) is 0 Å². The molecule has 0 N–H and O–H groups in total. The molecule has 1 unspecified atom stereocenters. The van der Waals surface area contributed by atoms with Gasteiger partial charge in [-0.2, -0.15) is 0 Å². The highest BCUT2D eigenvalue weighted by Gasteiger charge is 2.25. The van der Waals surface area contributed by atoms with Crippen molar-refractivity contribution in [1.29, 1.82) is 0 Å². The number of rotatable bonds is 9. The molecule has 1 saturated heterocycles. The lowest BCUT2D eigenvalue weighted by molar-refractivity contribution is -0.897. The van der Waals surface area contributed by atoms with Crippen LogP contribution in [0.25, 0.3) is 0 Å². The summed E-state index contributed by atoms with van der Waals surface area (Å²) in [6, 6.07) is 0. The highest BCUT2D eigenvalue weighted by atomic mass is 32.2. The van der Waals surface area contributed by atoms with E-state index in [-0.39, 0.29) is 0 Å². The van der Waals surface area contributed by atoms with Gasteiger partial charge in [0.05, 0.1) is 26.7 Å². The minimum atomic E-state index is -4.17. The van der Waals surface area contributed by atoms with E-state index in [9.17, 15) is 13.0 Å². The topological polar surface area (TPSA) is 60.4 Å². The Balaban J connectivity index is 0.000000433. The molecule has 0 amide bonds. The molecule has 0 radical (unpaired) electrons. The molecule has 140 valence electrons. The molecule has 1 atom stereocenters. The number of nitrogens with zero attached hydrogens (tertiary/aromatic N) is 2. The Bertz CT molecular complexity index is 389. The maximum Gasteiger partial charge on any atom is 0.111 e. The molecule has 0 spiro atoms. The number of hydrogen-bond donors (Lipinski definition) is 0. The first-order valence-corrected chi connectivity index (χ1v) is 10.7. The molecule has 0 aromatic heterocycles. The fraction of sp³-hybridized carbons (Fsp3) is 1.00. The summed E-state index contributed by atoms with van der Waals surface area (Å²) in [5.74, 6) is 0. The summed E-state index contributed by atoms with van der Waals surface area (Å²) in [6.45, 7) is 13.3. The van der Waals surface area contributed by atoms with E-state index in [1.165, 1.54) is 49.8 Å². The van der Waals surface area contributed by atoms with E-state index in [2.05, 4.69) is 14.0 Å². The van der Waals surface area contributed by atoms with Crippen molar-refractivity contribution < 1.29 is 17.5 Å². The molecule has 0 aromatic carbocycles. The fourth-order valence-electron chi connectivity index (χ4n) is 3.25. The SMILES string of the molecule is CCCC(N(CC)CC)S(=O)(=O)[O-].CCCC[N+]1(C)CCCC1. The van der Waals surface area contributed by atoms with E-state index < -0.39 is 15.5 Å². The molecule has 23 heavy (non-hydrogen) atoms. The standard InChI is InChI=1S/C9H20N.C8H19NO3S/c1-3-4-7-10(2)8-5-6-9-10;1-4-7-8(13(10,11)12)9(5-2)6-3/h3-9H2,1-2H3;8H,4-7H2,1-3H3,(H,10,11,12)/q+1;/p-1. The average Bonchev–Trinajstić information content (AvgIpc) is 2.92. The number of likely N-dealkylation sites (tertiary alicyclic amines) is 1. The van der Waals surface area contributed by atoms with Gasteiger partial charge in [-0.1, -0.05) is 40.5 Å². The fourth-order valence-corrected chi connectivity index (χ4v) is 4.44. The summed E-state index contributed by atoms with van der Waals surface area (Å²) in [6.07, 6.45) is 6.82. The van der Waals surface area contributed by atoms with Gasteiger partial charge in [0.1, 0.15) is 15.5 Å². The van der Waals surface area contributed by atoms with Crippen molar-refractivity contribution in [1.82, 2.24) is 4.90 Å². The molecule has 0 bridgehead atoms. The lowest BCUT2D eigenvalue weighted by atomic mass is 10.3. The van der Waals surface area contributed by atoms with Gasteiger partial charge in [0.25, 0.3) is 0 Å². The van der Waals surface area contributed by atoms with E-state index in [0.717, 1.165) is 0 Å². The molecule has 1 fully saturated rings. The lowest BCUT2D eigenvalue weighted by Crippen LogP contribution is -2.41. The summed E-state index contributed by atoms with van der Waals surface area (Å²) >= 11 is 0. The number of hydrogen-bond acceptors (Lipinski definition) is 4. The third-order valence-corrected chi connectivity index (χ3v) is 5.99. The monoisotopic (exact) mass is 350 g/mol. The maximum absolute atomic E-state index is 10.9. The molecular weight excluding hydrogens is 312 g/mol. The van der Waals surface area contributed by atoms with E-state index in [1.807, 2.05) is 20.8 Å². The van der Waals surface area contributed by atoms with Crippen LogP contribution in [-0.4, -0.2) is 67.5 Å². The van der Waals surface area contributed by atoms with Crippen molar-refractivity contribution >= 4 is 10.1 Å². The lowest BCUT2D eigenvalue weighted by Gasteiger charge is -2.31. The van der Waals surface area contributed by atoms with Crippen LogP contribution in [0.5, 0.6) is 0 Å². The quantitative estimate of drug-likeness (QED) is 0.474. The molecule has 0 saturated carbocycles. The first-order chi connectivity index (χ1) is 10.7. The van der Waals surface area contributed by atoms with Crippen LogP contribution in [0, 0.1) is 0 Å². The van der Waals surface area contributed by atoms with Crippen LogP contribution in [-0.2, 0) is 10.1 Å². The first-order valence-electron chi connectivity index (χ1n) is 9.26. The van der Waals surface area contributed by atoms with Gasteiger partial charge >= 0.3 is 0 Å². The summed E-state index contributed by atoms with van der Waals surface area (Å²) in [4.78, 5) is 1.69. The Morgan fingerprint density at radius 2 is 1.57 bits per heavy atom. The van der Waals surface area contributed by atoms with Gasteiger partial charge < -0.3 is 9.04 Å².